The number of fused-ring (bicyclic) bond motifs is 4. The maximum Gasteiger partial charge on any atom is -0.00203 e. The second-order valence-corrected chi connectivity index (χ2v) is 15.2. The Labute approximate surface area is 324 Å². The van der Waals surface area contributed by atoms with Gasteiger partial charge in [0.15, 0.2) is 0 Å². The van der Waals surface area contributed by atoms with Gasteiger partial charge in [-0.3, -0.25) is 0 Å². The molecule has 12 aromatic rings. The maximum absolute atomic E-state index is 2.35. The van der Waals surface area contributed by atoms with Crippen molar-refractivity contribution >= 4 is 75.4 Å². The molecule has 0 saturated carbocycles. The van der Waals surface area contributed by atoms with Crippen molar-refractivity contribution in [3.8, 4) is 44.5 Å². The largest absolute Gasteiger partial charge is 0.0616 e. The van der Waals surface area contributed by atoms with Gasteiger partial charge in [-0.15, -0.1) is 0 Å². The van der Waals surface area contributed by atoms with E-state index < -0.39 is 0 Å². The molecule has 0 spiro atoms. The molecule has 12 aromatic carbocycles. The van der Waals surface area contributed by atoms with E-state index in [1.807, 2.05) is 0 Å². The fourth-order valence-electron chi connectivity index (χ4n) is 9.56. The van der Waals surface area contributed by atoms with Gasteiger partial charge in [0, 0.05) is 0 Å². The van der Waals surface area contributed by atoms with E-state index >= 15 is 0 Å². The molecule has 0 radical (unpaired) electrons. The van der Waals surface area contributed by atoms with E-state index in [0.29, 0.717) is 0 Å². The fourth-order valence-corrected chi connectivity index (χ4v) is 9.56. The van der Waals surface area contributed by atoms with Gasteiger partial charge in [-0.2, -0.15) is 0 Å². The van der Waals surface area contributed by atoms with Crippen molar-refractivity contribution in [2.45, 2.75) is 0 Å². The van der Waals surface area contributed by atoms with Crippen LogP contribution in [0.25, 0.3) is 120 Å². The molecule has 0 unspecified atom stereocenters. The molecule has 0 saturated heterocycles. The van der Waals surface area contributed by atoms with Gasteiger partial charge in [0.1, 0.15) is 0 Å². The fraction of sp³-hybridized carbons (Fsp3) is 0. The number of hydrogen-bond donors (Lipinski definition) is 0. The first-order valence-electron chi connectivity index (χ1n) is 19.5. The minimum atomic E-state index is 1.24. The zero-order chi connectivity index (χ0) is 36.7. The van der Waals surface area contributed by atoms with Gasteiger partial charge < -0.3 is 0 Å². The molecular weight excluding hydrogens is 673 g/mol. The third kappa shape index (κ3) is 4.66. The van der Waals surface area contributed by atoms with Crippen LogP contribution in [0.4, 0.5) is 0 Å². The highest BCUT2D eigenvalue weighted by molar-refractivity contribution is 6.29. The van der Waals surface area contributed by atoms with Crippen LogP contribution < -0.4 is 0 Å². The lowest BCUT2D eigenvalue weighted by atomic mass is 9.84. The molecule has 56 heavy (non-hydrogen) atoms. The molecule has 0 bridgehead atoms. The summed E-state index contributed by atoms with van der Waals surface area (Å²) in [5.74, 6) is 0. The predicted molar refractivity (Wildman–Crippen MR) is 242 cm³/mol. The summed E-state index contributed by atoms with van der Waals surface area (Å²) in [5.41, 5.74) is 10.1. The summed E-state index contributed by atoms with van der Waals surface area (Å²) < 4.78 is 0. The summed E-state index contributed by atoms with van der Waals surface area (Å²) in [4.78, 5) is 0. The van der Waals surface area contributed by atoms with Crippen molar-refractivity contribution in [3.63, 3.8) is 0 Å². The van der Waals surface area contributed by atoms with E-state index in [9.17, 15) is 0 Å². The number of benzene rings is 12. The summed E-state index contributed by atoms with van der Waals surface area (Å²) in [5, 5.41) is 17.9. The first kappa shape index (κ1) is 31.1. The third-order valence-corrected chi connectivity index (χ3v) is 12.2. The van der Waals surface area contributed by atoms with Gasteiger partial charge in [-0.05, 0) is 132 Å². The molecule has 0 amide bonds. The van der Waals surface area contributed by atoms with Gasteiger partial charge in [-0.25, -0.2) is 0 Å². The Balaban J connectivity index is 1.04. The van der Waals surface area contributed by atoms with Gasteiger partial charge in [-0.1, -0.05) is 194 Å². The van der Waals surface area contributed by atoms with Crippen LogP contribution in [-0.4, -0.2) is 0 Å². The minimum absolute atomic E-state index is 1.24. The second-order valence-electron chi connectivity index (χ2n) is 15.2. The molecule has 0 fully saturated rings. The van der Waals surface area contributed by atoms with Crippen molar-refractivity contribution in [1.82, 2.24) is 0 Å². The molecule has 12 rings (SSSR count). The monoisotopic (exact) mass is 706 g/mol. The second kappa shape index (κ2) is 12.1. The molecule has 0 heteroatoms. The van der Waals surface area contributed by atoms with Crippen LogP contribution in [0, 0.1) is 0 Å². The Bertz CT molecular complexity index is 3290. The highest BCUT2D eigenvalue weighted by atomic mass is 14.2. The van der Waals surface area contributed by atoms with Crippen LogP contribution in [0.5, 0.6) is 0 Å². The summed E-state index contributed by atoms with van der Waals surface area (Å²) in [6, 6.07) is 76.7. The van der Waals surface area contributed by atoms with Gasteiger partial charge in [0.05, 0.1) is 0 Å². The maximum atomic E-state index is 2.35. The van der Waals surface area contributed by atoms with Gasteiger partial charge >= 0.3 is 0 Å². The lowest BCUT2D eigenvalue weighted by molar-refractivity contribution is 1.66. The van der Waals surface area contributed by atoms with E-state index in [0.717, 1.165) is 0 Å². The number of hydrogen-bond acceptors (Lipinski definition) is 0. The van der Waals surface area contributed by atoms with Crippen LogP contribution in [-0.2, 0) is 0 Å². The molecule has 0 aliphatic rings. The minimum Gasteiger partial charge on any atom is -0.0616 e. The summed E-state index contributed by atoms with van der Waals surface area (Å²) in [6.45, 7) is 0. The van der Waals surface area contributed by atoms with Crippen molar-refractivity contribution in [2.24, 2.45) is 0 Å². The van der Waals surface area contributed by atoms with E-state index in [1.54, 1.807) is 0 Å². The van der Waals surface area contributed by atoms with Crippen molar-refractivity contribution in [3.05, 3.63) is 206 Å². The van der Waals surface area contributed by atoms with Gasteiger partial charge in [0.25, 0.3) is 0 Å². The van der Waals surface area contributed by atoms with Crippen LogP contribution in [0.3, 0.4) is 0 Å². The topological polar surface area (TPSA) is 0 Å². The molecule has 0 atom stereocenters. The predicted octanol–water partition coefficient (Wildman–Crippen LogP) is 15.9. The average molecular weight is 707 g/mol. The first-order valence-corrected chi connectivity index (χ1v) is 19.5. The normalized spacial score (nSPS) is 11.9. The molecule has 0 heterocycles. The molecular formula is C56H34. The van der Waals surface area contributed by atoms with Crippen LogP contribution in [0.15, 0.2) is 206 Å². The molecule has 0 N–H and O–H groups in total. The SMILES string of the molecule is c1ccc2cc(-c3ccc(-c4ccc5ccc6c(-c7ccc(-c8ccc9ccccc9c8)c8ccccc78)ccc7ccc4c5c76)c4ccccc34)ccc2c1. The number of rotatable bonds is 4. The molecule has 0 aliphatic carbocycles. The standard InChI is InChI=1S/C56H34/c1-3-11-39-33-41(19-17-35(39)9-1)43-29-31-49(47-15-7-5-13-45(43)47)51-25-21-37-24-28-54-52(26-22-38-23-27-53(51)55(37)56(38)54)50-32-30-44(46-14-6-8-16-48(46)50)42-20-18-36-10-2-4-12-40(36)34-42/h1-34H. The Morgan fingerprint density at radius 2 is 0.482 bits per heavy atom. The summed E-state index contributed by atoms with van der Waals surface area (Å²) >= 11 is 0. The van der Waals surface area contributed by atoms with Crippen LogP contribution in [0.1, 0.15) is 0 Å². The smallest absolute Gasteiger partial charge is 0.00203 e. The first-order chi connectivity index (χ1) is 27.8. The van der Waals surface area contributed by atoms with Crippen molar-refractivity contribution < 1.29 is 0 Å². The summed E-state index contributed by atoms with van der Waals surface area (Å²) in [7, 11) is 0. The highest BCUT2D eigenvalue weighted by Gasteiger charge is 2.18. The zero-order valence-electron chi connectivity index (χ0n) is 30.6. The van der Waals surface area contributed by atoms with E-state index in [4.69, 9.17) is 0 Å². The summed E-state index contributed by atoms with van der Waals surface area (Å²) in [6.07, 6.45) is 0. The Morgan fingerprint density at radius 1 is 0.179 bits per heavy atom. The Kier molecular flexibility index (Phi) is 6.73. The van der Waals surface area contributed by atoms with Crippen molar-refractivity contribution in [1.29, 1.82) is 0 Å². The lowest BCUT2D eigenvalue weighted by Crippen LogP contribution is -1.92. The molecule has 0 aliphatic heterocycles. The zero-order valence-corrected chi connectivity index (χ0v) is 30.6. The van der Waals surface area contributed by atoms with Crippen LogP contribution in [0.2, 0.25) is 0 Å². The quantitative estimate of drug-likeness (QED) is 0.160. The van der Waals surface area contributed by atoms with Gasteiger partial charge in [0.2, 0.25) is 0 Å². The van der Waals surface area contributed by atoms with E-state index in [2.05, 4.69) is 206 Å². The Morgan fingerprint density at radius 3 is 0.929 bits per heavy atom. The lowest BCUT2D eigenvalue weighted by Gasteiger charge is -2.19. The van der Waals surface area contributed by atoms with Crippen LogP contribution >= 0.6 is 0 Å². The molecule has 0 nitrogen and oxygen atoms in total. The Hall–Kier alpha value is -7.28. The van der Waals surface area contributed by atoms with Crippen molar-refractivity contribution in [2.75, 3.05) is 0 Å². The molecule has 0 aromatic heterocycles. The van der Waals surface area contributed by atoms with E-state index in [-0.39, 0.29) is 0 Å². The highest BCUT2D eigenvalue weighted by Crippen LogP contribution is 2.46. The average Bonchev–Trinajstić information content (AvgIpc) is 3.27. The van der Waals surface area contributed by atoms with E-state index in [1.165, 1.54) is 120 Å². The third-order valence-electron chi connectivity index (χ3n) is 12.2. The molecule has 258 valence electrons.